The molecule has 1 heterocycles. The zero-order chi connectivity index (χ0) is 12.0. The van der Waals surface area contributed by atoms with Crippen LogP contribution >= 0.6 is 0 Å². The normalized spacial score (nSPS) is 10.4. The van der Waals surface area contributed by atoms with Crippen LogP contribution in [0.3, 0.4) is 0 Å². The molecule has 0 spiro atoms. The predicted molar refractivity (Wildman–Crippen MR) is 63.3 cm³/mol. The van der Waals surface area contributed by atoms with Gasteiger partial charge in [0.15, 0.2) is 0 Å². The van der Waals surface area contributed by atoms with Crippen molar-refractivity contribution in [1.82, 2.24) is 0 Å². The quantitative estimate of drug-likeness (QED) is 0.588. The van der Waals surface area contributed by atoms with Crippen LogP contribution in [0.15, 0.2) is 45.6 Å². The van der Waals surface area contributed by atoms with E-state index in [4.69, 9.17) is 4.42 Å². The number of rotatable bonds is 0. The molecule has 0 atom stereocenters. The number of hydrogen-bond donors (Lipinski definition) is 2. The summed E-state index contributed by atoms with van der Waals surface area (Å²) in [6.07, 6.45) is 0. The van der Waals surface area contributed by atoms with Gasteiger partial charge in [0.1, 0.15) is 28.1 Å². The maximum Gasteiger partial charge on any atom is 0.204 e. The third kappa shape index (κ3) is 2.07. The zero-order valence-corrected chi connectivity index (χ0v) is 11.5. The van der Waals surface area contributed by atoms with Crippen LogP contribution in [0, 0.1) is 49.4 Å². The van der Waals surface area contributed by atoms with Gasteiger partial charge < -0.3 is 14.6 Å². The van der Waals surface area contributed by atoms with Crippen molar-refractivity contribution in [2.75, 3.05) is 0 Å². The maximum absolute atomic E-state index is 12.1. The molecule has 0 bridgehead atoms. The summed E-state index contributed by atoms with van der Waals surface area (Å²) in [6, 6.07) is 9.20. The van der Waals surface area contributed by atoms with Gasteiger partial charge in [0, 0.05) is 61.5 Å². The summed E-state index contributed by atoms with van der Waals surface area (Å²) in [5.74, 6) is -0.423. The standard InChI is InChI=1S/C13H8O4.Eu/c14-7-5-9(15)12-11(6-7)17-10-4-2-1-3-8(10)13(12)16;/h1-6,14-15H;. The van der Waals surface area contributed by atoms with E-state index in [-0.39, 0.29) is 77.3 Å². The molecule has 18 heavy (non-hydrogen) atoms. The summed E-state index contributed by atoms with van der Waals surface area (Å²) in [5, 5.41) is 19.5. The van der Waals surface area contributed by atoms with Crippen LogP contribution in [0.5, 0.6) is 11.5 Å². The Bertz CT molecular complexity index is 792. The first-order valence-electron chi connectivity index (χ1n) is 5.04. The molecule has 91 valence electrons. The van der Waals surface area contributed by atoms with Gasteiger partial charge in [0.25, 0.3) is 0 Å². The van der Waals surface area contributed by atoms with Crippen LogP contribution in [-0.4, -0.2) is 10.2 Å². The van der Waals surface area contributed by atoms with Crippen molar-refractivity contribution >= 4 is 21.9 Å². The Morgan fingerprint density at radius 3 is 2.50 bits per heavy atom. The van der Waals surface area contributed by atoms with Crippen LogP contribution in [0.2, 0.25) is 0 Å². The maximum atomic E-state index is 12.1. The van der Waals surface area contributed by atoms with Gasteiger partial charge in [-0.05, 0) is 12.1 Å². The Labute approximate surface area is 142 Å². The van der Waals surface area contributed by atoms with E-state index in [0.29, 0.717) is 11.0 Å². The largest absolute Gasteiger partial charge is 0.508 e. The van der Waals surface area contributed by atoms with Gasteiger partial charge in [-0.1, -0.05) is 12.1 Å². The summed E-state index contributed by atoms with van der Waals surface area (Å²) in [5.41, 5.74) is 0.292. The van der Waals surface area contributed by atoms with Crippen molar-refractivity contribution in [2.24, 2.45) is 0 Å². The summed E-state index contributed by atoms with van der Waals surface area (Å²) < 4.78 is 5.47. The van der Waals surface area contributed by atoms with E-state index in [0.717, 1.165) is 6.07 Å². The molecule has 0 aliphatic heterocycles. The second kappa shape index (κ2) is 5.00. The molecule has 3 rings (SSSR count). The molecule has 0 aliphatic rings. The van der Waals surface area contributed by atoms with Gasteiger partial charge in [0.2, 0.25) is 5.43 Å². The molecule has 0 amide bonds. The molecule has 2 aromatic carbocycles. The predicted octanol–water partition coefficient (Wildman–Crippen LogP) is 2.36. The molecule has 1 radical (unpaired) electrons. The first kappa shape index (κ1) is 13.5. The number of phenolic OH excluding ortho intramolecular Hbond substituents is 2. The smallest absolute Gasteiger partial charge is 0.204 e. The molecular formula is C13H8EuO4. The topological polar surface area (TPSA) is 70.7 Å². The van der Waals surface area contributed by atoms with Gasteiger partial charge in [-0.3, -0.25) is 4.79 Å². The second-order valence-electron chi connectivity index (χ2n) is 3.77. The SMILES string of the molecule is O=c1c2ccccc2oc2cc(O)cc(O)c12.[Eu]. The minimum absolute atomic E-state index is 0. The molecule has 0 unspecified atom stereocenters. The van der Waals surface area contributed by atoms with Crippen LogP contribution < -0.4 is 5.43 Å². The minimum atomic E-state index is -0.306. The van der Waals surface area contributed by atoms with Crippen LogP contribution in [0.1, 0.15) is 0 Å². The molecule has 1 aromatic heterocycles. The summed E-state index contributed by atoms with van der Waals surface area (Å²) in [6.45, 7) is 0. The molecule has 2 N–H and O–H groups in total. The molecule has 3 aromatic rings. The van der Waals surface area contributed by atoms with Gasteiger partial charge in [-0.25, -0.2) is 0 Å². The summed E-state index contributed by atoms with van der Waals surface area (Å²) >= 11 is 0. The summed E-state index contributed by atoms with van der Waals surface area (Å²) in [4.78, 5) is 12.1. The molecule has 4 nitrogen and oxygen atoms in total. The van der Waals surface area contributed by atoms with Crippen molar-refractivity contribution in [1.29, 1.82) is 0 Å². The second-order valence-corrected chi connectivity index (χ2v) is 3.77. The van der Waals surface area contributed by atoms with Crippen molar-refractivity contribution in [3.8, 4) is 11.5 Å². The van der Waals surface area contributed by atoms with E-state index in [1.807, 2.05) is 0 Å². The molecule has 0 saturated carbocycles. The number of benzene rings is 2. The Morgan fingerprint density at radius 2 is 1.72 bits per heavy atom. The Kier molecular flexibility index (Phi) is 3.75. The zero-order valence-electron chi connectivity index (χ0n) is 9.05. The van der Waals surface area contributed by atoms with E-state index >= 15 is 0 Å². The van der Waals surface area contributed by atoms with E-state index in [2.05, 4.69) is 0 Å². The van der Waals surface area contributed by atoms with Gasteiger partial charge >= 0.3 is 0 Å². The van der Waals surface area contributed by atoms with Crippen molar-refractivity contribution in [3.05, 3.63) is 46.6 Å². The number of fused-ring (bicyclic) bond motifs is 2. The van der Waals surface area contributed by atoms with Gasteiger partial charge in [-0.2, -0.15) is 0 Å². The van der Waals surface area contributed by atoms with Crippen molar-refractivity contribution in [3.63, 3.8) is 0 Å². The Balaban J connectivity index is 0.00000120. The molecular weight excluding hydrogens is 372 g/mol. The first-order chi connectivity index (χ1) is 8.16. The van der Waals surface area contributed by atoms with Crippen LogP contribution in [0.4, 0.5) is 0 Å². The fraction of sp³-hybridized carbons (Fsp3) is 0. The average Bonchev–Trinajstić information content (AvgIpc) is 2.28. The third-order valence-electron chi connectivity index (χ3n) is 2.64. The third-order valence-corrected chi connectivity index (χ3v) is 2.64. The van der Waals surface area contributed by atoms with E-state index in [1.165, 1.54) is 6.07 Å². The van der Waals surface area contributed by atoms with Gasteiger partial charge in [-0.15, -0.1) is 0 Å². The fourth-order valence-electron chi connectivity index (χ4n) is 1.89. The number of para-hydroxylation sites is 1. The van der Waals surface area contributed by atoms with Crippen LogP contribution in [0.25, 0.3) is 21.9 Å². The average molecular weight is 380 g/mol. The Hall–Kier alpha value is -0.906. The number of phenols is 2. The van der Waals surface area contributed by atoms with Gasteiger partial charge in [0.05, 0.1) is 5.39 Å². The molecule has 0 aliphatic carbocycles. The first-order valence-corrected chi connectivity index (χ1v) is 5.04. The Morgan fingerprint density at radius 1 is 1.00 bits per heavy atom. The van der Waals surface area contributed by atoms with E-state index < -0.39 is 0 Å². The van der Waals surface area contributed by atoms with Crippen molar-refractivity contribution < 1.29 is 64.0 Å². The van der Waals surface area contributed by atoms with E-state index in [9.17, 15) is 15.0 Å². The molecule has 5 heteroatoms. The van der Waals surface area contributed by atoms with Crippen molar-refractivity contribution in [2.45, 2.75) is 0 Å². The molecule has 0 saturated heterocycles. The van der Waals surface area contributed by atoms with E-state index in [1.54, 1.807) is 24.3 Å². The van der Waals surface area contributed by atoms with Crippen LogP contribution in [-0.2, 0) is 0 Å². The fourth-order valence-corrected chi connectivity index (χ4v) is 1.89. The molecule has 0 fully saturated rings. The minimum Gasteiger partial charge on any atom is -0.508 e. The number of aromatic hydroxyl groups is 2. The monoisotopic (exact) mass is 381 g/mol. The summed E-state index contributed by atoms with van der Waals surface area (Å²) in [7, 11) is 0. The number of hydrogen-bond acceptors (Lipinski definition) is 4.